The van der Waals surface area contributed by atoms with E-state index in [4.69, 9.17) is 0 Å². The zero-order chi connectivity index (χ0) is 11.5. The van der Waals surface area contributed by atoms with E-state index in [1.54, 1.807) is 0 Å². The molecule has 6 heteroatoms. The molecule has 0 saturated heterocycles. The largest absolute Gasteiger partial charge is 0.401 e. The molecule has 1 rings (SSSR count). The van der Waals surface area contributed by atoms with E-state index in [1.807, 2.05) is 0 Å². The van der Waals surface area contributed by atoms with Crippen LogP contribution in [-0.2, 0) is 4.79 Å². The molecule has 0 atom stereocenters. The molecule has 1 fully saturated rings. The zero-order valence-corrected chi connectivity index (χ0v) is 8.53. The van der Waals surface area contributed by atoms with Crippen LogP contribution in [0.3, 0.4) is 0 Å². The molecular formula is C9H15F3N2O. The molecule has 0 aromatic carbocycles. The number of hydrogen-bond donors (Lipinski definition) is 2. The summed E-state index contributed by atoms with van der Waals surface area (Å²) >= 11 is 0. The highest BCUT2D eigenvalue weighted by Gasteiger charge is 2.28. The van der Waals surface area contributed by atoms with Crippen LogP contribution in [-0.4, -0.2) is 31.2 Å². The van der Waals surface area contributed by atoms with Gasteiger partial charge in [-0.1, -0.05) is 6.92 Å². The summed E-state index contributed by atoms with van der Waals surface area (Å²) in [4.78, 5) is 11.1. The lowest BCUT2D eigenvalue weighted by atomic mass is 9.82. The van der Waals surface area contributed by atoms with Gasteiger partial charge in [0.1, 0.15) is 0 Å². The average molecular weight is 224 g/mol. The molecule has 0 unspecified atom stereocenters. The van der Waals surface area contributed by atoms with Gasteiger partial charge in [-0.05, 0) is 18.8 Å². The van der Waals surface area contributed by atoms with Crippen molar-refractivity contribution in [2.24, 2.45) is 5.92 Å². The van der Waals surface area contributed by atoms with Gasteiger partial charge in [-0.25, -0.2) is 0 Å². The second kappa shape index (κ2) is 4.83. The number of hydrogen-bond acceptors (Lipinski definition) is 2. The van der Waals surface area contributed by atoms with Crippen LogP contribution in [0.2, 0.25) is 0 Å². The van der Waals surface area contributed by atoms with Crippen LogP contribution in [0.1, 0.15) is 19.8 Å². The molecule has 1 saturated carbocycles. The Morgan fingerprint density at radius 1 is 1.40 bits per heavy atom. The van der Waals surface area contributed by atoms with E-state index >= 15 is 0 Å². The van der Waals surface area contributed by atoms with Gasteiger partial charge in [0.25, 0.3) is 0 Å². The Morgan fingerprint density at radius 3 is 2.47 bits per heavy atom. The first kappa shape index (κ1) is 12.3. The first-order valence-corrected chi connectivity index (χ1v) is 4.93. The van der Waals surface area contributed by atoms with Gasteiger partial charge in [0.05, 0.1) is 13.1 Å². The lowest BCUT2D eigenvalue weighted by Gasteiger charge is -2.33. The third kappa shape index (κ3) is 5.01. The molecule has 1 aliphatic carbocycles. The van der Waals surface area contributed by atoms with E-state index in [2.05, 4.69) is 17.6 Å². The third-order valence-corrected chi connectivity index (χ3v) is 2.35. The van der Waals surface area contributed by atoms with Gasteiger partial charge in [0.2, 0.25) is 5.91 Å². The van der Waals surface area contributed by atoms with Crippen molar-refractivity contribution < 1.29 is 18.0 Å². The first-order chi connectivity index (χ1) is 6.87. The second-order valence-electron chi connectivity index (χ2n) is 4.06. The van der Waals surface area contributed by atoms with Crippen molar-refractivity contribution in [3.63, 3.8) is 0 Å². The summed E-state index contributed by atoms with van der Waals surface area (Å²) in [5, 5.41) is 4.72. The second-order valence-corrected chi connectivity index (χ2v) is 4.06. The average Bonchev–Trinajstić information content (AvgIpc) is 1.98. The summed E-state index contributed by atoms with van der Waals surface area (Å²) in [7, 11) is 0. The highest BCUT2D eigenvalue weighted by Crippen LogP contribution is 2.25. The molecule has 2 N–H and O–H groups in total. The van der Waals surface area contributed by atoms with E-state index in [9.17, 15) is 18.0 Å². The van der Waals surface area contributed by atoms with Crippen LogP contribution < -0.4 is 10.6 Å². The lowest BCUT2D eigenvalue weighted by Crippen LogP contribution is -2.47. The molecule has 0 bridgehead atoms. The van der Waals surface area contributed by atoms with Crippen molar-refractivity contribution in [2.75, 3.05) is 13.1 Å². The van der Waals surface area contributed by atoms with Crippen molar-refractivity contribution in [2.45, 2.75) is 32.0 Å². The Balaban J connectivity index is 2.04. The van der Waals surface area contributed by atoms with Crippen molar-refractivity contribution in [3.8, 4) is 0 Å². The van der Waals surface area contributed by atoms with Gasteiger partial charge >= 0.3 is 6.18 Å². The normalized spacial score (nSPS) is 25.9. The minimum absolute atomic E-state index is 0.153. The number of carbonyl (C=O) groups excluding carboxylic acids is 1. The van der Waals surface area contributed by atoms with Crippen molar-refractivity contribution >= 4 is 5.91 Å². The van der Waals surface area contributed by atoms with Crippen molar-refractivity contribution in [3.05, 3.63) is 0 Å². The zero-order valence-electron chi connectivity index (χ0n) is 8.53. The summed E-state index contributed by atoms with van der Waals surface area (Å²) < 4.78 is 35.1. The SMILES string of the molecule is CC1CC(NC(=O)CNCC(F)(F)F)C1. The molecule has 1 amide bonds. The maximum Gasteiger partial charge on any atom is 0.401 e. The molecule has 88 valence electrons. The summed E-state index contributed by atoms with van der Waals surface area (Å²) in [5.74, 6) is 0.245. The summed E-state index contributed by atoms with van der Waals surface area (Å²) in [6.45, 7) is 0.677. The predicted molar refractivity (Wildman–Crippen MR) is 49.3 cm³/mol. The standard InChI is InChI=1S/C9H15F3N2O/c1-6-2-7(3-6)14-8(15)4-13-5-9(10,11)12/h6-7,13H,2-5H2,1H3,(H,14,15). The molecule has 0 radical (unpaired) electrons. The molecule has 1 aliphatic rings. The quantitative estimate of drug-likeness (QED) is 0.749. The molecule has 3 nitrogen and oxygen atoms in total. The fraction of sp³-hybridized carbons (Fsp3) is 0.889. The number of rotatable bonds is 4. The number of halogens is 3. The van der Waals surface area contributed by atoms with Crippen LogP contribution in [0.25, 0.3) is 0 Å². The Bertz CT molecular complexity index is 224. The van der Waals surface area contributed by atoms with E-state index in [0.717, 1.165) is 12.8 Å². The lowest BCUT2D eigenvalue weighted by molar-refractivity contribution is -0.129. The van der Waals surface area contributed by atoms with Crippen LogP contribution in [0.4, 0.5) is 13.2 Å². The Morgan fingerprint density at radius 2 is 2.00 bits per heavy atom. The maximum atomic E-state index is 11.7. The molecular weight excluding hydrogens is 209 g/mol. The molecule has 0 aromatic rings. The van der Waals surface area contributed by atoms with Crippen molar-refractivity contribution in [1.29, 1.82) is 0 Å². The van der Waals surface area contributed by atoms with Gasteiger partial charge in [0, 0.05) is 6.04 Å². The van der Waals surface area contributed by atoms with Crippen LogP contribution in [0.5, 0.6) is 0 Å². The van der Waals surface area contributed by atoms with Gasteiger partial charge in [-0.2, -0.15) is 13.2 Å². The van der Waals surface area contributed by atoms with Gasteiger partial charge < -0.3 is 10.6 Å². The van der Waals surface area contributed by atoms with Crippen LogP contribution in [0.15, 0.2) is 0 Å². The van der Waals surface area contributed by atoms with E-state index < -0.39 is 12.7 Å². The van der Waals surface area contributed by atoms with E-state index in [1.165, 1.54) is 0 Å². The van der Waals surface area contributed by atoms with Gasteiger partial charge in [0.15, 0.2) is 0 Å². The van der Waals surface area contributed by atoms with Gasteiger partial charge in [-0.3, -0.25) is 4.79 Å². The van der Waals surface area contributed by atoms with Gasteiger partial charge in [-0.15, -0.1) is 0 Å². The Kier molecular flexibility index (Phi) is 3.96. The van der Waals surface area contributed by atoms with Crippen LogP contribution in [0, 0.1) is 5.92 Å². The maximum absolute atomic E-state index is 11.7. The number of nitrogens with one attached hydrogen (secondary N) is 2. The first-order valence-electron chi connectivity index (χ1n) is 4.93. The molecule has 0 spiro atoms. The summed E-state index contributed by atoms with van der Waals surface area (Å²) in [5.41, 5.74) is 0. The minimum atomic E-state index is -4.26. The smallest absolute Gasteiger partial charge is 0.352 e. The number of carbonyl (C=O) groups is 1. The fourth-order valence-corrected chi connectivity index (χ4v) is 1.62. The van der Waals surface area contributed by atoms with E-state index in [0.29, 0.717) is 5.92 Å². The number of amides is 1. The highest BCUT2D eigenvalue weighted by atomic mass is 19.4. The molecule has 0 aromatic heterocycles. The summed E-state index contributed by atoms with van der Waals surface area (Å²) in [6, 6.07) is 0.153. The Labute approximate surface area is 86.4 Å². The molecule has 0 heterocycles. The molecule has 15 heavy (non-hydrogen) atoms. The third-order valence-electron chi connectivity index (χ3n) is 2.35. The van der Waals surface area contributed by atoms with E-state index in [-0.39, 0.29) is 18.5 Å². The topological polar surface area (TPSA) is 41.1 Å². The van der Waals surface area contributed by atoms with Crippen LogP contribution >= 0.6 is 0 Å². The Hall–Kier alpha value is -0.780. The summed E-state index contributed by atoms with van der Waals surface area (Å²) in [6.07, 6.45) is -2.42. The minimum Gasteiger partial charge on any atom is -0.352 e. The predicted octanol–water partition coefficient (Wildman–Crippen LogP) is 1.05. The van der Waals surface area contributed by atoms with Crippen molar-refractivity contribution in [1.82, 2.24) is 10.6 Å². The molecule has 0 aliphatic heterocycles. The highest BCUT2D eigenvalue weighted by molar-refractivity contribution is 5.78. The fourth-order valence-electron chi connectivity index (χ4n) is 1.62. The number of alkyl halides is 3. The monoisotopic (exact) mass is 224 g/mol.